The molecule has 0 aliphatic heterocycles. The van der Waals surface area contributed by atoms with Gasteiger partial charge in [-0.15, -0.1) is 0 Å². The Balaban J connectivity index is 2.22. The predicted molar refractivity (Wildman–Crippen MR) is 56.0 cm³/mol. The second kappa shape index (κ2) is 4.05. The number of aromatic nitrogens is 2. The van der Waals surface area contributed by atoms with Gasteiger partial charge in [0.1, 0.15) is 5.82 Å². The number of rotatable bonds is 2. The molecule has 76 valence electrons. The first-order chi connectivity index (χ1) is 6.79. The molecule has 14 heavy (non-hydrogen) atoms. The van der Waals surface area contributed by atoms with Crippen LogP contribution in [-0.2, 0) is 19.3 Å². The SMILES string of the molecule is CC1CCc2nc(CCN)ncc2C1. The number of hydrogen-bond acceptors (Lipinski definition) is 3. The van der Waals surface area contributed by atoms with E-state index in [1.807, 2.05) is 6.20 Å². The summed E-state index contributed by atoms with van der Waals surface area (Å²) in [6.45, 7) is 2.92. The Morgan fingerprint density at radius 2 is 2.43 bits per heavy atom. The van der Waals surface area contributed by atoms with E-state index < -0.39 is 0 Å². The Hall–Kier alpha value is -0.960. The van der Waals surface area contributed by atoms with E-state index >= 15 is 0 Å². The van der Waals surface area contributed by atoms with E-state index in [1.165, 1.54) is 17.7 Å². The molecule has 2 N–H and O–H groups in total. The van der Waals surface area contributed by atoms with Crippen LogP contribution in [0.1, 0.15) is 30.4 Å². The molecule has 1 aliphatic rings. The van der Waals surface area contributed by atoms with Crippen molar-refractivity contribution in [1.82, 2.24) is 9.97 Å². The second-order valence-electron chi connectivity index (χ2n) is 4.14. The van der Waals surface area contributed by atoms with E-state index in [4.69, 9.17) is 5.73 Å². The molecule has 3 nitrogen and oxygen atoms in total. The highest BCUT2D eigenvalue weighted by Crippen LogP contribution is 2.22. The smallest absolute Gasteiger partial charge is 0.129 e. The highest BCUT2D eigenvalue weighted by Gasteiger charge is 2.16. The topological polar surface area (TPSA) is 51.8 Å². The van der Waals surface area contributed by atoms with Crippen molar-refractivity contribution in [3.63, 3.8) is 0 Å². The molecule has 1 unspecified atom stereocenters. The normalized spacial score (nSPS) is 20.6. The summed E-state index contributed by atoms with van der Waals surface area (Å²) < 4.78 is 0. The molecule has 0 amide bonds. The minimum Gasteiger partial charge on any atom is -0.330 e. The first-order valence-electron chi connectivity index (χ1n) is 5.33. The lowest BCUT2D eigenvalue weighted by Crippen LogP contribution is -2.16. The summed E-state index contributed by atoms with van der Waals surface area (Å²) in [5, 5.41) is 0. The van der Waals surface area contributed by atoms with Gasteiger partial charge in [0, 0.05) is 18.3 Å². The molecule has 1 aliphatic carbocycles. The van der Waals surface area contributed by atoms with Gasteiger partial charge in [-0.3, -0.25) is 0 Å². The first kappa shape index (κ1) is 9.59. The van der Waals surface area contributed by atoms with E-state index in [0.29, 0.717) is 6.54 Å². The van der Waals surface area contributed by atoms with Crippen molar-refractivity contribution < 1.29 is 0 Å². The van der Waals surface area contributed by atoms with Crippen LogP contribution in [0.2, 0.25) is 0 Å². The van der Waals surface area contributed by atoms with Crippen LogP contribution in [0.4, 0.5) is 0 Å². The van der Waals surface area contributed by atoms with Crippen LogP contribution in [-0.4, -0.2) is 16.5 Å². The van der Waals surface area contributed by atoms with Crippen molar-refractivity contribution in [1.29, 1.82) is 0 Å². The zero-order valence-electron chi connectivity index (χ0n) is 8.66. The average molecular weight is 191 g/mol. The fraction of sp³-hybridized carbons (Fsp3) is 0.636. The Morgan fingerprint density at radius 3 is 3.21 bits per heavy atom. The van der Waals surface area contributed by atoms with Gasteiger partial charge in [-0.2, -0.15) is 0 Å². The van der Waals surface area contributed by atoms with Crippen molar-refractivity contribution in [2.75, 3.05) is 6.54 Å². The van der Waals surface area contributed by atoms with Crippen molar-refractivity contribution in [3.05, 3.63) is 23.3 Å². The summed E-state index contributed by atoms with van der Waals surface area (Å²) in [7, 11) is 0. The molecule has 1 heterocycles. The van der Waals surface area contributed by atoms with E-state index in [9.17, 15) is 0 Å². The van der Waals surface area contributed by atoms with Gasteiger partial charge in [-0.25, -0.2) is 9.97 Å². The van der Waals surface area contributed by atoms with Crippen LogP contribution >= 0.6 is 0 Å². The maximum absolute atomic E-state index is 5.48. The molecular formula is C11H17N3. The van der Waals surface area contributed by atoms with Crippen LogP contribution in [0.25, 0.3) is 0 Å². The van der Waals surface area contributed by atoms with Gasteiger partial charge in [0.05, 0.1) is 0 Å². The van der Waals surface area contributed by atoms with E-state index in [1.54, 1.807) is 0 Å². The van der Waals surface area contributed by atoms with Crippen LogP contribution in [0.3, 0.4) is 0 Å². The molecule has 1 atom stereocenters. The van der Waals surface area contributed by atoms with Crippen molar-refractivity contribution in [3.8, 4) is 0 Å². The van der Waals surface area contributed by atoms with Gasteiger partial charge in [0.2, 0.25) is 0 Å². The quantitative estimate of drug-likeness (QED) is 0.761. The van der Waals surface area contributed by atoms with Crippen LogP contribution in [0.5, 0.6) is 0 Å². The largest absolute Gasteiger partial charge is 0.330 e. The summed E-state index contributed by atoms with van der Waals surface area (Å²) in [5.41, 5.74) is 8.07. The van der Waals surface area contributed by atoms with Gasteiger partial charge in [-0.1, -0.05) is 6.92 Å². The molecule has 0 bridgehead atoms. The Labute approximate surface area is 84.8 Å². The third-order valence-corrected chi connectivity index (χ3v) is 2.81. The zero-order chi connectivity index (χ0) is 9.97. The Kier molecular flexibility index (Phi) is 2.77. The van der Waals surface area contributed by atoms with Gasteiger partial charge >= 0.3 is 0 Å². The molecule has 1 aromatic heterocycles. The van der Waals surface area contributed by atoms with E-state index in [0.717, 1.165) is 31.0 Å². The summed E-state index contributed by atoms with van der Waals surface area (Å²) in [4.78, 5) is 8.87. The van der Waals surface area contributed by atoms with Crippen molar-refractivity contribution in [2.24, 2.45) is 11.7 Å². The number of nitrogens with zero attached hydrogens (tertiary/aromatic N) is 2. The molecule has 0 saturated carbocycles. The minimum absolute atomic E-state index is 0.634. The summed E-state index contributed by atoms with van der Waals surface area (Å²) in [6.07, 6.45) is 6.28. The van der Waals surface area contributed by atoms with E-state index in [-0.39, 0.29) is 0 Å². The van der Waals surface area contributed by atoms with Crippen LogP contribution < -0.4 is 5.73 Å². The zero-order valence-corrected chi connectivity index (χ0v) is 8.66. The summed E-state index contributed by atoms with van der Waals surface area (Å²) in [5.74, 6) is 1.69. The molecule has 1 aromatic rings. The van der Waals surface area contributed by atoms with Crippen molar-refractivity contribution >= 4 is 0 Å². The van der Waals surface area contributed by atoms with Crippen LogP contribution in [0.15, 0.2) is 6.20 Å². The second-order valence-corrected chi connectivity index (χ2v) is 4.14. The maximum atomic E-state index is 5.48. The predicted octanol–water partition coefficient (Wildman–Crippen LogP) is 1.10. The standard InChI is InChI=1S/C11H17N3/c1-8-2-3-10-9(6-8)7-13-11(14-10)4-5-12/h7-8H,2-6,12H2,1H3. The highest BCUT2D eigenvalue weighted by atomic mass is 14.9. The minimum atomic E-state index is 0.634. The van der Waals surface area contributed by atoms with Gasteiger partial charge in [0.25, 0.3) is 0 Å². The molecular weight excluding hydrogens is 174 g/mol. The Morgan fingerprint density at radius 1 is 1.57 bits per heavy atom. The molecule has 0 radical (unpaired) electrons. The maximum Gasteiger partial charge on any atom is 0.129 e. The molecule has 0 saturated heterocycles. The molecule has 0 aromatic carbocycles. The number of hydrogen-bond donors (Lipinski definition) is 1. The number of fused-ring (bicyclic) bond motifs is 1. The first-order valence-corrected chi connectivity index (χ1v) is 5.33. The third-order valence-electron chi connectivity index (χ3n) is 2.81. The number of nitrogens with two attached hydrogens (primary N) is 1. The fourth-order valence-electron chi connectivity index (χ4n) is 1.98. The monoisotopic (exact) mass is 191 g/mol. The lowest BCUT2D eigenvalue weighted by Gasteiger charge is -2.20. The number of aryl methyl sites for hydroxylation is 1. The average Bonchev–Trinajstić information content (AvgIpc) is 2.19. The fourth-order valence-corrected chi connectivity index (χ4v) is 1.98. The van der Waals surface area contributed by atoms with Crippen LogP contribution in [0, 0.1) is 5.92 Å². The molecule has 2 rings (SSSR count). The molecule has 0 fully saturated rings. The summed E-state index contributed by atoms with van der Waals surface area (Å²) >= 11 is 0. The Bertz CT molecular complexity index is 322. The third kappa shape index (κ3) is 1.93. The molecule has 0 spiro atoms. The van der Waals surface area contributed by atoms with Gasteiger partial charge in [-0.05, 0) is 37.3 Å². The van der Waals surface area contributed by atoms with Crippen molar-refractivity contribution in [2.45, 2.75) is 32.6 Å². The lowest BCUT2D eigenvalue weighted by molar-refractivity contribution is 0.490. The van der Waals surface area contributed by atoms with E-state index in [2.05, 4.69) is 16.9 Å². The highest BCUT2D eigenvalue weighted by molar-refractivity contribution is 5.21. The lowest BCUT2D eigenvalue weighted by atomic mass is 9.89. The van der Waals surface area contributed by atoms with Gasteiger partial charge in [0.15, 0.2) is 0 Å². The summed E-state index contributed by atoms with van der Waals surface area (Å²) in [6, 6.07) is 0. The molecule has 3 heteroatoms. The van der Waals surface area contributed by atoms with Gasteiger partial charge < -0.3 is 5.73 Å².